The minimum Gasteiger partial charge on any atom is -0.478 e. The van der Waals surface area contributed by atoms with Crippen LogP contribution in [0.15, 0.2) is 5.38 Å². The molecule has 0 saturated heterocycles. The minimum atomic E-state index is -0.774. The van der Waals surface area contributed by atoms with Gasteiger partial charge in [0.1, 0.15) is 0 Å². The van der Waals surface area contributed by atoms with Gasteiger partial charge in [0.25, 0.3) is 0 Å². The first kappa shape index (κ1) is 6.85. The summed E-state index contributed by atoms with van der Waals surface area (Å²) in [6.45, 7) is 0. The zero-order chi connectivity index (χ0) is 7.84. The van der Waals surface area contributed by atoms with Crippen molar-refractivity contribution in [2.45, 2.75) is 19.3 Å². The molecular weight excluding hydrogens is 160 g/mol. The maximum Gasteiger partial charge on any atom is 0.336 e. The van der Waals surface area contributed by atoms with E-state index in [1.54, 1.807) is 16.7 Å². The topological polar surface area (TPSA) is 37.3 Å². The molecule has 0 spiro atoms. The van der Waals surface area contributed by atoms with Crippen LogP contribution in [0.1, 0.15) is 27.2 Å². The number of hydrogen-bond donors (Lipinski definition) is 1. The number of thiophene rings is 1. The van der Waals surface area contributed by atoms with Crippen LogP contribution in [0.2, 0.25) is 0 Å². The molecule has 1 aromatic rings. The molecule has 1 N–H and O–H groups in total. The lowest BCUT2D eigenvalue weighted by atomic mass is 10.1. The average molecular weight is 168 g/mol. The summed E-state index contributed by atoms with van der Waals surface area (Å²) >= 11 is 1.59. The second-order valence-corrected chi connectivity index (χ2v) is 3.67. The molecule has 1 aliphatic carbocycles. The smallest absolute Gasteiger partial charge is 0.336 e. The Morgan fingerprint density at radius 2 is 2.36 bits per heavy atom. The van der Waals surface area contributed by atoms with E-state index in [-0.39, 0.29) is 0 Å². The van der Waals surface area contributed by atoms with Crippen LogP contribution in [0.4, 0.5) is 0 Å². The third-order valence-electron chi connectivity index (χ3n) is 2.04. The zero-order valence-corrected chi connectivity index (χ0v) is 6.78. The van der Waals surface area contributed by atoms with Gasteiger partial charge >= 0.3 is 5.97 Å². The Hall–Kier alpha value is -0.830. The molecule has 0 bridgehead atoms. The molecule has 1 aliphatic rings. The van der Waals surface area contributed by atoms with E-state index in [1.165, 1.54) is 4.88 Å². The van der Waals surface area contributed by atoms with Crippen molar-refractivity contribution in [3.8, 4) is 0 Å². The van der Waals surface area contributed by atoms with Crippen molar-refractivity contribution in [1.82, 2.24) is 0 Å². The van der Waals surface area contributed by atoms with Crippen LogP contribution in [0.5, 0.6) is 0 Å². The number of fused-ring (bicyclic) bond motifs is 1. The van der Waals surface area contributed by atoms with Gasteiger partial charge in [-0.15, -0.1) is 11.3 Å². The molecule has 0 radical (unpaired) electrons. The van der Waals surface area contributed by atoms with Gasteiger partial charge in [-0.25, -0.2) is 4.79 Å². The molecule has 11 heavy (non-hydrogen) atoms. The quantitative estimate of drug-likeness (QED) is 0.695. The number of rotatable bonds is 1. The standard InChI is InChI=1S/C8H8O2S/c9-8(10)6-4-11-7-3-1-2-5(6)7/h4H,1-3H2,(H,9,10). The van der Waals surface area contributed by atoms with Crippen molar-refractivity contribution in [3.05, 3.63) is 21.4 Å². The van der Waals surface area contributed by atoms with Crippen LogP contribution in [-0.4, -0.2) is 11.1 Å². The van der Waals surface area contributed by atoms with E-state index in [1.807, 2.05) is 0 Å². The third-order valence-corrected chi connectivity index (χ3v) is 3.13. The molecule has 0 amide bonds. The van der Waals surface area contributed by atoms with Crippen LogP contribution < -0.4 is 0 Å². The van der Waals surface area contributed by atoms with Crippen molar-refractivity contribution < 1.29 is 9.90 Å². The Morgan fingerprint density at radius 3 is 3.09 bits per heavy atom. The van der Waals surface area contributed by atoms with Crippen LogP contribution >= 0.6 is 11.3 Å². The summed E-state index contributed by atoms with van der Waals surface area (Å²) in [7, 11) is 0. The second-order valence-electron chi connectivity index (χ2n) is 2.71. The van der Waals surface area contributed by atoms with E-state index in [9.17, 15) is 4.79 Å². The van der Waals surface area contributed by atoms with E-state index in [4.69, 9.17) is 5.11 Å². The summed E-state index contributed by atoms with van der Waals surface area (Å²) in [5.74, 6) is -0.774. The van der Waals surface area contributed by atoms with Gasteiger partial charge < -0.3 is 5.11 Å². The van der Waals surface area contributed by atoms with Gasteiger partial charge in [0, 0.05) is 10.3 Å². The summed E-state index contributed by atoms with van der Waals surface area (Å²) in [6.07, 6.45) is 3.16. The maximum atomic E-state index is 10.6. The Balaban J connectivity index is 2.50. The molecule has 3 heteroatoms. The van der Waals surface area contributed by atoms with Crippen LogP contribution in [-0.2, 0) is 12.8 Å². The SMILES string of the molecule is O=C(O)c1csc2c1CCC2. The number of aryl methyl sites for hydroxylation is 1. The number of hydrogen-bond acceptors (Lipinski definition) is 2. The predicted molar refractivity (Wildman–Crippen MR) is 43.3 cm³/mol. The highest BCUT2D eigenvalue weighted by Gasteiger charge is 2.20. The van der Waals surface area contributed by atoms with Gasteiger partial charge in [-0.1, -0.05) is 0 Å². The van der Waals surface area contributed by atoms with E-state index in [0.717, 1.165) is 24.8 Å². The Bertz CT molecular complexity index is 301. The lowest BCUT2D eigenvalue weighted by molar-refractivity contribution is 0.0696. The molecule has 0 fully saturated rings. The molecule has 58 valence electrons. The average Bonchev–Trinajstić information content (AvgIpc) is 2.41. The summed E-state index contributed by atoms with van der Waals surface area (Å²) in [5.41, 5.74) is 1.62. The molecule has 0 unspecified atom stereocenters. The molecule has 1 heterocycles. The lowest BCUT2D eigenvalue weighted by Crippen LogP contribution is -1.97. The molecular formula is C8H8O2S. The van der Waals surface area contributed by atoms with Crippen molar-refractivity contribution >= 4 is 17.3 Å². The van der Waals surface area contributed by atoms with Crippen LogP contribution in [0.3, 0.4) is 0 Å². The summed E-state index contributed by atoms with van der Waals surface area (Å²) in [4.78, 5) is 11.9. The first-order valence-electron chi connectivity index (χ1n) is 3.61. The van der Waals surface area contributed by atoms with Gasteiger partial charge in [-0.2, -0.15) is 0 Å². The molecule has 0 atom stereocenters. The van der Waals surface area contributed by atoms with E-state index >= 15 is 0 Å². The first-order chi connectivity index (χ1) is 5.29. The van der Waals surface area contributed by atoms with Crippen molar-refractivity contribution in [3.63, 3.8) is 0 Å². The van der Waals surface area contributed by atoms with E-state index in [2.05, 4.69) is 0 Å². The highest BCUT2D eigenvalue weighted by Crippen LogP contribution is 2.30. The molecule has 1 aromatic heterocycles. The van der Waals surface area contributed by atoms with Gasteiger partial charge in [-0.3, -0.25) is 0 Å². The predicted octanol–water partition coefficient (Wildman–Crippen LogP) is 1.94. The summed E-state index contributed by atoms with van der Waals surface area (Å²) in [5, 5.41) is 10.5. The number of carbonyl (C=O) groups is 1. The number of carboxylic acid groups (broad SMARTS) is 1. The Morgan fingerprint density at radius 1 is 1.55 bits per heavy atom. The zero-order valence-electron chi connectivity index (χ0n) is 5.96. The second kappa shape index (κ2) is 2.34. The fraction of sp³-hybridized carbons (Fsp3) is 0.375. The molecule has 0 saturated carbocycles. The van der Waals surface area contributed by atoms with Gasteiger partial charge in [0.15, 0.2) is 0 Å². The van der Waals surface area contributed by atoms with E-state index in [0.29, 0.717) is 5.56 Å². The Labute approximate surface area is 68.5 Å². The largest absolute Gasteiger partial charge is 0.478 e. The van der Waals surface area contributed by atoms with Crippen molar-refractivity contribution in [1.29, 1.82) is 0 Å². The van der Waals surface area contributed by atoms with Gasteiger partial charge in [0.2, 0.25) is 0 Å². The van der Waals surface area contributed by atoms with Crippen LogP contribution in [0, 0.1) is 0 Å². The monoisotopic (exact) mass is 168 g/mol. The lowest BCUT2D eigenvalue weighted by Gasteiger charge is -1.91. The third kappa shape index (κ3) is 0.959. The number of carboxylic acids is 1. The van der Waals surface area contributed by atoms with Gasteiger partial charge in [0.05, 0.1) is 5.56 Å². The fourth-order valence-corrected chi connectivity index (χ4v) is 2.63. The van der Waals surface area contributed by atoms with Gasteiger partial charge in [-0.05, 0) is 24.8 Å². The maximum absolute atomic E-state index is 10.6. The van der Waals surface area contributed by atoms with Crippen LogP contribution in [0.25, 0.3) is 0 Å². The highest BCUT2D eigenvalue weighted by molar-refractivity contribution is 7.10. The highest BCUT2D eigenvalue weighted by atomic mass is 32.1. The van der Waals surface area contributed by atoms with Crippen molar-refractivity contribution in [2.24, 2.45) is 0 Å². The molecule has 2 rings (SSSR count). The van der Waals surface area contributed by atoms with Crippen molar-refractivity contribution in [2.75, 3.05) is 0 Å². The first-order valence-corrected chi connectivity index (χ1v) is 4.49. The Kier molecular flexibility index (Phi) is 1.46. The van der Waals surface area contributed by atoms with E-state index < -0.39 is 5.97 Å². The number of aromatic carboxylic acids is 1. The molecule has 0 aromatic carbocycles. The summed E-state index contributed by atoms with van der Waals surface area (Å²) in [6, 6.07) is 0. The normalized spacial score (nSPS) is 14.9. The fourth-order valence-electron chi connectivity index (χ4n) is 1.51. The summed E-state index contributed by atoms with van der Waals surface area (Å²) < 4.78 is 0. The molecule has 2 nitrogen and oxygen atoms in total. The molecule has 0 aliphatic heterocycles. The minimum absolute atomic E-state index is 0.530.